The maximum atomic E-state index is 13.3. The molecule has 1 heterocycles. The Hall–Kier alpha value is -2.66. The summed E-state index contributed by atoms with van der Waals surface area (Å²) in [5, 5.41) is 16.2. The first kappa shape index (κ1) is 27.6. The van der Waals surface area contributed by atoms with Crippen LogP contribution in [-0.4, -0.2) is 77.3 Å². The van der Waals surface area contributed by atoms with Gasteiger partial charge in [-0.15, -0.1) is 0 Å². The molecule has 2 rings (SSSR count). The number of hydrogen-bond acceptors (Lipinski definition) is 7. The lowest BCUT2D eigenvalue weighted by atomic mass is 10.00. The van der Waals surface area contributed by atoms with E-state index in [1.165, 1.54) is 0 Å². The van der Waals surface area contributed by atoms with Crippen LogP contribution in [0.2, 0.25) is 0 Å². The van der Waals surface area contributed by atoms with Crippen molar-refractivity contribution in [1.82, 2.24) is 15.5 Å². The molecule has 1 aromatic carbocycles. The Morgan fingerprint density at radius 2 is 1.71 bits per heavy atom. The molecule has 1 fully saturated rings. The number of alkyl carbamates (subject to hydrolysis) is 1. The standard InChI is InChI=1S/C23H35N3O7S/c1-22(2,3)25-19(28)17-13-34(31,32)14-26(17)20(29)18(27)16(12-15-10-8-7-9-11-15)24-21(30)33-23(4,5)6/h7-11,16-18,27H,12-14H2,1-6H3,(H,24,30)(H,25,28)/t16?,17-,18?/m0/s1. The van der Waals surface area contributed by atoms with E-state index in [1.807, 2.05) is 0 Å². The Kier molecular flexibility index (Phi) is 8.36. The van der Waals surface area contributed by atoms with Crippen molar-refractivity contribution in [2.45, 2.75) is 77.3 Å². The number of ether oxygens (including phenoxy) is 1. The van der Waals surface area contributed by atoms with Gasteiger partial charge < -0.3 is 25.4 Å². The van der Waals surface area contributed by atoms with Gasteiger partial charge in [0.15, 0.2) is 15.9 Å². The molecule has 10 nitrogen and oxygen atoms in total. The molecule has 34 heavy (non-hydrogen) atoms. The lowest BCUT2D eigenvalue weighted by Crippen LogP contribution is -2.57. The Morgan fingerprint density at radius 3 is 2.24 bits per heavy atom. The highest BCUT2D eigenvalue weighted by atomic mass is 32.2. The monoisotopic (exact) mass is 497 g/mol. The second-order valence-electron chi connectivity index (χ2n) is 10.5. The highest BCUT2D eigenvalue weighted by Gasteiger charge is 2.46. The van der Waals surface area contributed by atoms with Gasteiger partial charge in [-0.2, -0.15) is 0 Å². The molecule has 0 radical (unpaired) electrons. The number of rotatable bonds is 6. The minimum absolute atomic E-state index is 0.0758. The molecule has 0 aromatic heterocycles. The topological polar surface area (TPSA) is 142 Å². The number of nitrogens with zero attached hydrogens (tertiary/aromatic N) is 1. The van der Waals surface area contributed by atoms with Crippen molar-refractivity contribution < 1.29 is 32.6 Å². The van der Waals surface area contributed by atoms with E-state index in [0.717, 1.165) is 10.5 Å². The molecule has 3 N–H and O–H groups in total. The lowest BCUT2D eigenvalue weighted by molar-refractivity contribution is -0.146. The quantitative estimate of drug-likeness (QED) is 0.532. The van der Waals surface area contributed by atoms with Crippen molar-refractivity contribution in [3.63, 3.8) is 0 Å². The van der Waals surface area contributed by atoms with Gasteiger partial charge in [0.05, 0.1) is 11.8 Å². The van der Waals surface area contributed by atoms with Gasteiger partial charge >= 0.3 is 6.09 Å². The highest BCUT2D eigenvalue weighted by molar-refractivity contribution is 7.91. The Labute approximate surface area is 201 Å². The molecule has 0 bridgehead atoms. The summed E-state index contributed by atoms with van der Waals surface area (Å²) in [6, 6.07) is 6.46. The first-order chi connectivity index (χ1) is 15.5. The molecule has 1 saturated heterocycles. The molecule has 1 aliphatic heterocycles. The van der Waals surface area contributed by atoms with Crippen LogP contribution in [-0.2, 0) is 30.6 Å². The van der Waals surface area contributed by atoms with Gasteiger partial charge in [-0.3, -0.25) is 9.59 Å². The number of aliphatic hydroxyl groups excluding tert-OH is 1. The summed E-state index contributed by atoms with van der Waals surface area (Å²) in [5.74, 6) is -2.84. The number of hydrogen-bond donors (Lipinski definition) is 3. The number of benzene rings is 1. The Balaban J connectivity index is 2.30. The zero-order chi connectivity index (χ0) is 25.9. The van der Waals surface area contributed by atoms with Crippen LogP contribution in [0.3, 0.4) is 0 Å². The molecule has 2 unspecified atom stereocenters. The van der Waals surface area contributed by atoms with Crippen molar-refractivity contribution in [3.8, 4) is 0 Å². The van der Waals surface area contributed by atoms with E-state index in [-0.39, 0.29) is 6.42 Å². The molecule has 0 spiro atoms. The van der Waals surface area contributed by atoms with Crippen molar-refractivity contribution >= 4 is 27.7 Å². The third kappa shape index (κ3) is 8.28. The molecule has 1 aromatic rings. The molecule has 3 atom stereocenters. The first-order valence-electron chi connectivity index (χ1n) is 11.0. The average molecular weight is 498 g/mol. The zero-order valence-electron chi connectivity index (χ0n) is 20.5. The minimum atomic E-state index is -3.73. The average Bonchev–Trinajstić information content (AvgIpc) is 3.00. The molecular weight excluding hydrogens is 462 g/mol. The number of nitrogens with one attached hydrogen (secondary N) is 2. The van der Waals surface area contributed by atoms with Gasteiger partial charge in [0.1, 0.15) is 17.5 Å². The number of carbonyl (C=O) groups is 3. The minimum Gasteiger partial charge on any atom is -0.444 e. The second-order valence-corrected chi connectivity index (χ2v) is 12.6. The number of carbonyl (C=O) groups excluding carboxylic acids is 3. The summed E-state index contributed by atoms with van der Waals surface area (Å²) in [5.41, 5.74) is -0.730. The van der Waals surface area contributed by atoms with Gasteiger partial charge in [0.2, 0.25) is 5.91 Å². The van der Waals surface area contributed by atoms with Crippen molar-refractivity contribution in [1.29, 1.82) is 0 Å². The van der Waals surface area contributed by atoms with Crippen LogP contribution in [0.1, 0.15) is 47.1 Å². The van der Waals surface area contributed by atoms with Gasteiger partial charge in [0.25, 0.3) is 5.91 Å². The number of amides is 3. The van der Waals surface area contributed by atoms with E-state index in [4.69, 9.17) is 4.74 Å². The third-order valence-corrected chi connectivity index (χ3v) is 6.34. The van der Waals surface area contributed by atoms with Crippen LogP contribution in [0.15, 0.2) is 30.3 Å². The summed E-state index contributed by atoms with van der Waals surface area (Å²) in [7, 11) is -3.73. The van der Waals surface area contributed by atoms with Crippen LogP contribution in [0.5, 0.6) is 0 Å². The summed E-state index contributed by atoms with van der Waals surface area (Å²) < 4.78 is 29.9. The fourth-order valence-electron chi connectivity index (χ4n) is 3.48. The van der Waals surface area contributed by atoms with Crippen LogP contribution in [0.4, 0.5) is 4.79 Å². The van der Waals surface area contributed by atoms with Crippen LogP contribution >= 0.6 is 0 Å². The van der Waals surface area contributed by atoms with Gasteiger partial charge in [-0.1, -0.05) is 30.3 Å². The SMILES string of the molecule is CC(C)(C)NC(=O)[C@@H]1CS(=O)(=O)CN1C(=O)C(O)C(Cc1ccccc1)NC(=O)OC(C)(C)C. The van der Waals surface area contributed by atoms with Gasteiger partial charge in [-0.25, -0.2) is 13.2 Å². The fourth-order valence-corrected chi connectivity index (χ4v) is 5.13. The van der Waals surface area contributed by atoms with E-state index < -0.39 is 68.7 Å². The van der Waals surface area contributed by atoms with Crippen molar-refractivity contribution in [2.24, 2.45) is 0 Å². The second kappa shape index (κ2) is 10.3. The highest BCUT2D eigenvalue weighted by Crippen LogP contribution is 2.20. The molecular formula is C23H35N3O7S. The molecule has 3 amide bonds. The summed E-state index contributed by atoms with van der Waals surface area (Å²) >= 11 is 0. The molecule has 190 valence electrons. The maximum Gasteiger partial charge on any atom is 0.407 e. The molecule has 11 heteroatoms. The summed E-state index contributed by atoms with van der Waals surface area (Å²) in [4.78, 5) is 39.3. The van der Waals surface area contributed by atoms with Crippen LogP contribution < -0.4 is 10.6 Å². The fraction of sp³-hybridized carbons (Fsp3) is 0.609. The van der Waals surface area contributed by atoms with Crippen molar-refractivity contribution in [3.05, 3.63) is 35.9 Å². The maximum absolute atomic E-state index is 13.3. The summed E-state index contributed by atoms with van der Waals surface area (Å²) in [6.45, 7) is 10.2. The first-order valence-corrected chi connectivity index (χ1v) is 12.8. The van der Waals surface area contributed by atoms with E-state index in [1.54, 1.807) is 71.9 Å². The lowest BCUT2D eigenvalue weighted by Gasteiger charge is -2.31. The van der Waals surface area contributed by atoms with E-state index in [9.17, 15) is 27.9 Å². The largest absolute Gasteiger partial charge is 0.444 e. The van der Waals surface area contributed by atoms with E-state index >= 15 is 0 Å². The van der Waals surface area contributed by atoms with Crippen LogP contribution in [0.25, 0.3) is 0 Å². The smallest absolute Gasteiger partial charge is 0.407 e. The predicted molar refractivity (Wildman–Crippen MR) is 126 cm³/mol. The molecule has 0 saturated carbocycles. The van der Waals surface area contributed by atoms with Gasteiger partial charge in [0, 0.05) is 5.54 Å². The zero-order valence-corrected chi connectivity index (χ0v) is 21.3. The summed E-state index contributed by atoms with van der Waals surface area (Å²) in [6.07, 6.45) is -2.57. The van der Waals surface area contributed by atoms with E-state index in [0.29, 0.717) is 0 Å². The van der Waals surface area contributed by atoms with Gasteiger partial charge in [-0.05, 0) is 53.5 Å². The van der Waals surface area contributed by atoms with Crippen molar-refractivity contribution in [2.75, 3.05) is 11.6 Å². The molecule has 0 aliphatic carbocycles. The predicted octanol–water partition coefficient (Wildman–Crippen LogP) is 0.981. The van der Waals surface area contributed by atoms with E-state index in [2.05, 4.69) is 10.6 Å². The molecule has 1 aliphatic rings. The number of sulfone groups is 1. The Bertz CT molecular complexity index is 998. The van der Waals surface area contributed by atoms with Crippen LogP contribution in [0, 0.1) is 0 Å². The number of aliphatic hydroxyl groups is 1. The Morgan fingerprint density at radius 1 is 1.12 bits per heavy atom. The normalized spacial score (nSPS) is 19.7. The third-order valence-electron chi connectivity index (χ3n) is 4.84.